The van der Waals surface area contributed by atoms with Gasteiger partial charge in [-0.3, -0.25) is 14.1 Å². The predicted octanol–water partition coefficient (Wildman–Crippen LogP) is 5.03. The van der Waals surface area contributed by atoms with E-state index in [-0.39, 0.29) is 27.7 Å². The topological polar surface area (TPSA) is 90.3 Å². The molecule has 180 valence electrons. The van der Waals surface area contributed by atoms with E-state index in [2.05, 4.69) is 26.6 Å². The largest absolute Gasteiger partial charge is 0.495 e. The molecule has 4 rings (SSSR count). The van der Waals surface area contributed by atoms with Gasteiger partial charge in [0.25, 0.3) is 5.56 Å². The molecule has 0 spiro atoms. The summed E-state index contributed by atoms with van der Waals surface area (Å²) in [4.78, 5) is 22.5. The summed E-state index contributed by atoms with van der Waals surface area (Å²) in [5, 5.41) is 6.29. The maximum Gasteiger partial charge on any atom is 0.259 e. The van der Waals surface area contributed by atoms with E-state index in [4.69, 9.17) is 32.7 Å². The number of pyridine rings is 1. The molecule has 2 unspecified atom stereocenters. The second-order valence-electron chi connectivity index (χ2n) is 7.87. The highest BCUT2D eigenvalue weighted by molar-refractivity contribution is 8.00. The van der Waals surface area contributed by atoms with E-state index in [0.717, 1.165) is 19.3 Å². The number of halogens is 2. The Balaban J connectivity index is 1.76. The number of anilines is 1. The molecule has 2 N–H and O–H groups in total. The fraction of sp³-hybridized carbons (Fsp3) is 0.348. The van der Waals surface area contributed by atoms with Crippen molar-refractivity contribution in [3.63, 3.8) is 0 Å². The fourth-order valence-corrected chi connectivity index (χ4v) is 5.45. The zero-order chi connectivity index (χ0) is 24.4. The highest BCUT2D eigenvalue weighted by Crippen LogP contribution is 2.45. The van der Waals surface area contributed by atoms with E-state index in [0.29, 0.717) is 39.6 Å². The molecule has 2 atom stereocenters. The second kappa shape index (κ2) is 10.4. The first-order valence-electron chi connectivity index (χ1n) is 10.6. The fourth-order valence-electron chi connectivity index (χ4n) is 4.19. The van der Waals surface area contributed by atoms with Crippen LogP contribution in [0.3, 0.4) is 0 Å². The maximum absolute atomic E-state index is 13.4. The van der Waals surface area contributed by atoms with Gasteiger partial charge in [0.2, 0.25) is 5.95 Å². The van der Waals surface area contributed by atoms with Crippen LogP contribution in [0, 0.1) is 0 Å². The monoisotopic (exact) mass is 521 g/mol. The number of aromatic nitrogens is 3. The third kappa shape index (κ3) is 4.57. The SMILES string of the molecule is C=CSNC1CCCC1Nc1ncc2cc(-c3c(Cl)c(OC)cc(OC)c3Cl)c(=O)n(C)c2n1. The maximum atomic E-state index is 13.4. The molecule has 1 aliphatic carbocycles. The van der Waals surface area contributed by atoms with Crippen molar-refractivity contribution in [3.8, 4) is 22.6 Å². The summed E-state index contributed by atoms with van der Waals surface area (Å²) in [5.41, 5.74) is 0.826. The van der Waals surface area contributed by atoms with E-state index >= 15 is 0 Å². The molecule has 1 aromatic carbocycles. The minimum Gasteiger partial charge on any atom is -0.495 e. The number of methoxy groups -OCH3 is 2. The predicted molar refractivity (Wildman–Crippen MR) is 139 cm³/mol. The Morgan fingerprint density at radius 3 is 2.50 bits per heavy atom. The molecule has 3 aromatic rings. The Hall–Kier alpha value is -2.46. The molecule has 34 heavy (non-hydrogen) atoms. The van der Waals surface area contributed by atoms with Crippen LogP contribution in [-0.2, 0) is 7.05 Å². The van der Waals surface area contributed by atoms with Gasteiger partial charge in [-0.15, -0.1) is 0 Å². The Bertz CT molecular complexity index is 1270. The molecule has 0 amide bonds. The normalized spacial score (nSPS) is 17.7. The molecule has 0 radical (unpaired) electrons. The van der Waals surface area contributed by atoms with Crippen molar-refractivity contribution in [2.75, 3.05) is 19.5 Å². The molecule has 1 saturated carbocycles. The summed E-state index contributed by atoms with van der Waals surface area (Å²) in [6, 6.07) is 3.73. The van der Waals surface area contributed by atoms with Crippen LogP contribution >= 0.6 is 35.1 Å². The lowest BCUT2D eigenvalue weighted by molar-refractivity contribution is 0.395. The van der Waals surface area contributed by atoms with Gasteiger partial charge in [-0.05, 0) is 30.7 Å². The lowest BCUT2D eigenvalue weighted by atomic mass is 10.0. The van der Waals surface area contributed by atoms with Crippen LogP contribution in [0.25, 0.3) is 22.2 Å². The van der Waals surface area contributed by atoms with Crippen LogP contribution in [0.4, 0.5) is 5.95 Å². The molecule has 11 heteroatoms. The minimum absolute atomic E-state index is 0.183. The minimum atomic E-state index is -0.306. The quantitative estimate of drug-likeness (QED) is 0.398. The van der Waals surface area contributed by atoms with Gasteiger partial charge < -0.3 is 14.8 Å². The first-order chi connectivity index (χ1) is 16.4. The van der Waals surface area contributed by atoms with Gasteiger partial charge in [0, 0.05) is 42.3 Å². The number of benzene rings is 1. The Kier molecular flexibility index (Phi) is 7.57. The second-order valence-corrected chi connectivity index (χ2v) is 9.43. The van der Waals surface area contributed by atoms with E-state index in [1.807, 2.05) is 0 Å². The van der Waals surface area contributed by atoms with Crippen LogP contribution in [-0.4, -0.2) is 40.8 Å². The van der Waals surface area contributed by atoms with Crippen LogP contribution in [0.1, 0.15) is 19.3 Å². The van der Waals surface area contributed by atoms with Gasteiger partial charge in [-0.1, -0.05) is 41.7 Å². The van der Waals surface area contributed by atoms with Crippen LogP contribution in [0.15, 0.2) is 35.1 Å². The Morgan fingerprint density at radius 2 is 1.85 bits per heavy atom. The molecule has 8 nitrogen and oxygen atoms in total. The molecule has 1 aliphatic rings. The highest BCUT2D eigenvalue weighted by Gasteiger charge is 2.28. The van der Waals surface area contributed by atoms with Crippen molar-refractivity contribution in [3.05, 3.63) is 50.7 Å². The van der Waals surface area contributed by atoms with Gasteiger partial charge in [0.15, 0.2) is 0 Å². The number of nitrogens with zero attached hydrogens (tertiary/aromatic N) is 3. The number of aryl methyl sites for hydroxylation is 1. The number of hydrogen-bond donors (Lipinski definition) is 2. The molecule has 0 aliphatic heterocycles. The number of rotatable bonds is 8. The Labute approximate surface area is 211 Å². The smallest absolute Gasteiger partial charge is 0.259 e. The summed E-state index contributed by atoms with van der Waals surface area (Å²) in [6.07, 6.45) is 4.85. The van der Waals surface area contributed by atoms with Gasteiger partial charge in [-0.2, -0.15) is 4.98 Å². The van der Waals surface area contributed by atoms with Crippen molar-refractivity contribution in [2.24, 2.45) is 7.05 Å². The average Bonchev–Trinajstić information content (AvgIpc) is 3.28. The van der Waals surface area contributed by atoms with E-state index in [1.54, 1.807) is 30.8 Å². The van der Waals surface area contributed by atoms with Gasteiger partial charge >= 0.3 is 0 Å². The van der Waals surface area contributed by atoms with E-state index in [1.165, 1.54) is 30.7 Å². The van der Waals surface area contributed by atoms with E-state index in [9.17, 15) is 4.79 Å². The zero-order valence-electron chi connectivity index (χ0n) is 19.0. The number of fused-ring (bicyclic) bond motifs is 1. The third-order valence-electron chi connectivity index (χ3n) is 5.92. The van der Waals surface area contributed by atoms with E-state index < -0.39 is 0 Å². The van der Waals surface area contributed by atoms with Crippen LogP contribution in [0.2, 0.25) is 10.0 Å². The van der Waals surface area contributed by atoms with Gasteiger partial charge in [0.05, 0.1) is 29.8 Å². The highest BCUT2D eigenvalue weighted by atomic mass is 35.5. The summed E-state index contributed by atoms with van der Waals surface area (Å²) in [6.45, 7) is 3.73. The molecule has 0 bridgehead atoms. The lowest BCUT2D eigenvalue weighted by Crippen LogP contribution is -2.37. The van der Waals surface area contributed by atoms with Gasteiger partial charge in [-0.25, -0.2) is 4.98 Å². The van der Waals surface area contributed by atoms with Crippen LogP contribution < -0.4 is 25.1 Å². The summed E-state index contributed by atoms with van der Waals surface area (Å²) in [5.74, 6) is 1.17. The number of nitrogens with one attached hydrogen (secondary N) is 2. The molecule has 2 heterocycles. The molecule has 1 fully saturated rings. The van der Waals surface area contributed by atoms with Crippen molar-refractivity contribution in [1.29, 1.82) is 0 Å². The van der Waals surface area contributed by atoms with Gasteiger partial charge in [0.1, 0.15) is 17.1 Å². The number of hydrogen-bond acceptors (Lipinski definition) is 8. The third-order valence-corrected chi connectivity index (χ3v) is 7.28. The first-order valence-corrected chi connectivity index (χ1v) is 12.3. The summed E-state index contributed by atoms with van der Waals surface area (Å²) >= 11 is 14.6. The van der Waals surface area contributed by atoms with Crippen molar-refractivity contribution < 1.29 is 9.47 Å². The molecule has 2 aromatic heterocycles. The lowest BCUT2D eigenvalue weighted by Gasteiger charge is -2.21. The average molecular weight is 522 g/mol. The number of ether oxygens (including phenoxy) is 2. The zero-order valence-corrected chi connectivity index (χ0v) is 21.4. The Morgan fingerprint density at radius 1 is 1.18 bits per heavy atom. The first kappa shape index (κ1) is 24.7. The summed E-state index contributed by atoms with van der Waals surface area (Å²) in [7, 11) is 4.63. The molecular weight excluding hydrogens is 497 g/mol. The summed E-state index contributed by atoms with van der Waals surface area (Å²) < 4.78 is 15.6. The van der Waals surface area contributed by atoms with Crippen molar-refractivity contribution in [1.82, 2.24) is 19.3 Å². The van der Waals surface area contributed by atoms with Crippen molar-refractivity contribution >= 4 is 52.1 Å². The standard InChI is InChI=1S/C23H25Cl2N5O3S/c1-5-34-29-15-8-6-7-14(15)27-23-26-11-12-9-13(22(31)30(2)21(12)28-23)18-19(24)16(32-3)10-17(33-4)20(18)25/h5,9-11,14-15,29H,1,6-8H2,2-4H3,(H,26,27,28). The molecule has 0 saturated heterocycles. The van der Waals surface area contributed by atoms with Crippen LogP contribution in [0.5, 0.6) is 11.5 Å². The van der Waals surface area contributed by atoms with Crippen molar-refractivity contribution in [2.45, 2.75) is 31.3 Å². The molecular formula is C23H25Cl2N5O3S.